The van der Waals surface area contributed by atoms with Gasteiger partial charge in [-0.25, -0.2) is 0 Å². The van der Waals surface area contributed by atoms with Gasteiger partial charge >= 0.3 is 0 Å². The van der Waals surface area contributed by atoms with Crippen LogP contribution in [0.2, 0.25) is 0 Å². The topological polar surface area (TPSA) is 51.0 Å². The van der Waals surface area contributed by atoms with Crippen LogP contribution in [0.5, 0.6) is 0 Å². The lowest BCUT2D eigenvalue weighted by Gasteiger charge is -2.09. The maximum atomic E-state index is 5.32. The highest BCUT2D eigenvalue weighted by atomic mass is 16.5. The second kappa shape index (κ2) is 3.59. The van der Waals surface area contributed by atoms with E-state index in [1.165, 1.54) is 19.3 Å². The maximum absolute atomic E-state index is 5.32. The molecule has 0 amide bonds. The summed E-state index contributed by atoms with van der Waals surface area (Å²) in [5.74, 6) is 3.12. The quantitative estimate of drug-likeness (QED) is 0.819. The fourth-order valence-electron chi connectivity index (χ4n) is 2.22. The van der Waals surface area contributed by atoms with E-state index in [1.54, 1.807) is 0 Å². The van der Waals surface area contributed by atoms with Gasteiger partial charge in [-0.15, -0.1) is 0 Å². The van der Waals surface area contributed by atoms with Crippen molar-refractivity contribution in [2.45, 2.75) is 38.6 Å². The van der Waals surface area contributed by atoms with Crippen LogP contribution in [-0.4, -0.2) is 16.7 Å². The van der Waals surface area contributed by atoms with Gasteiger partial charge < -0.3 is 9.84 Å². The summed E-state index contributed by atoms with van der Waals surface area (Å²) in [6.07, 6.45) is 4.87. The summed E-state index contributed by atoms with van der Waals surface area (Å²) in [7, 11) is 0. The lowest BCUT2D eigenvalue weighted by atomic mass is 10.0. The number of nitrogens with one attached hydrogen (secondary N) is 1. The summed E-state index contributed by atoms with van der Waals surface area (Å²) in [6, 6.07) is 0.283. The Kier molecular flexibility index (Phi) is 2.24. The molecule has 4 nitrogen and oxygen atoms in total. The van der Waals surface area contributed by atoms with Crippen LogP contribution in [0.15, 0.2) is 4.52 Å². The Hall–Kier alpha value is -0.900. The van der Waals surface area contributed by atoms with Crippen molar-refractivity contribution < 1.29 is 4.52 Å². The molecule has 0 bridgehead atoms. The number of nitrogens with zero attached hydrogens (tertiary/aromatic N) is 2. The average Bonchev–Trinajstić information content (AvgIpc) is 2.74. The Bertz CT molecular complexity index is 345. The zero-order valence-electron chi connectivity index (χ0n) is 9.07. The molecule has 1 aliphatic carbocycles. The Labute approximate surface area is 89.4 Å². The third-order valence-electron chi connectivity index (χ3n) is 3.45. The summed E-state index contributed by atoms with van der Waals surface area (Å²) in [5.41, 5.74) is 0. The minimum Gasteiger partial charge on any atom is -0.338 e. The minimum atomic E-state index is 0.283. The molecule has 2 atom stereocenters. The van der Waals surface area contributed by atoms with Gasteiger partial charge in [0.05, 0.1) is 6.04 Å². The van der Waals surface area contributed by atoms with Crippen LogP contribution in [0.1, 0.15) is 43.9 Å². The van der Waals surface area contributed by atoms with Crippen LogP contribution in [0.25, 0.3) is 0 Å². The second-order valence-electron chi connectivity index (χ2n) is 4.89. The van der Waals surface area contributed by atoms with Crippen LogP contribution < -0.4 is 5.32 Å². The molecular formula is C11H17N3O. The van der Waals surface area contributed by atoms with Gasteiger partial charge in [0.1, 0.15) is 0 Å². The van der Waals surface area contributed by atoms with Gasteiger partial charge in [-0.05, 0) is 37.6 Å². The van der Waals surface area contributed by atoms with E-state index in [1.807, 2.05) is 0 Å². The first-order valence-corrected chi connectivity index (χ1v) is 5.89. The van der Waals surface area contributed by atoms with Gasteiger partial charge in [0.15, 0.2) is 5.82 Å². The highest BCUT2D eigenvalue weighted by molar-refractivity contribution is 4.99. The average molecular weight is 207 g/mol. The Balaban J connectivity index is 1.71. The molecule has 1 aliphatic heterocycles. The predicted molar refractivity (Wildman–Crippen MR) is 55.3 cm³/mol. The van der Waals surface area contributed by atoms with Crippen LogP contribution in [-0.2, 0) is 6.42 Å². The standard InChI is InChI=1S/C11H17N3O/c1-7-4-5-12-10(7)11-13-9(14-15-11)6-8-2-3-8/h7-8,10,12H,2-6H2,1H3. The fourth-order valence-corrected chi connectivity index (χ4v) is 2.22. The summed E-state index contributed by atoms with van der Waals surface area (Å²) in [6.45, 7) is 3.29. The third-order valence-corrected chi connectivity index (χ3v) is 3.45. The molecule has 3 rings (SSSR count). The molecule has 15 heavy (non-hydrogen) atoms. The highest BCUT2D eigenvalue weighted by Gasteiger charge is 2.30. The SMILES string of the molecule is CC1CCNC1c1nc(CC2CC2)no1. The van der Waals surface area contributed by atoms with Crippen LogP contribution in [0, 0.1) is 11.8 Å². The second-order valence-corrected chi connectivity index (χ2v) is 4.89. The lowest BCUT2D eigenvalue weighted by molar-refractivity contribution is 0.316. The van der Waals surface area contributed by atoms with Crippen LogP contribution in [0.4, 0.5) is 0 Å². The molecule has 1 aromatic rings. The van der Waals surface area contributed by atoms with Crippen molar-refractivity contribution >= 4 is 0 Å². The molecular weight excluding hydrogens is 190 g/mol. The normalized spacial score (nSPS) is 31.0. The first-order chi connectivity index (χ1) is 7.33. The van der Waals surface area contributed by atoms with Gasteiger partial charge in [0.2, 0.25) is 5.89 Å². The summed E-state index contributed by atoms with van der Waals surface area (Å²) in [4.78, 5) is 4.48. The van der Waals surface area contributed by atoms with Gasteiger partial charge in [-0.2, -0.15) is 4.98 Å². The number of hydrogen-bond donors (Lipinski definition) is 1. The first kappa shape index (κ1) is 9.33. The van der Waals surface area contributed by atoms with Crippen molar-refractivity contribution in [1.29, 1.82) is 0 Å². The number of hydrogen-bond acceptors (Lipinski definition) is 4. The van der Waals surface area contributed by atoms with E-state index >= 15 is 0 Å². The molecule has 1 N–H and O–H groups in total. The molecule has 1 saturated carbocycles. The van der Waals surface area contributed by atoms with Crippen molar-refractivity contribution in [3.63, 3.8) is 0 Å². The zero-order valence-corrected chi connectivity index (χ0v) is 9.07. The molecule has 0 aromatic carbocycles. The Morgan fingerprint density at radius 2 is 2.27 bits per heavy atom. The van der Waals surface area contributed by atoms with Crippen molar-refractivity contribution in [2.75, 3.05) is 6.54 Å². The van der Waals surface area contributed by atoms with Gasteiger partial charge in [0.25, 0.3) is 0 Å². The predicted octanol–water partition coefficient (Wildman–Crippen LogP) is 1.69. The molecule has 4 heteroatoms. The van der Waals surface area contributed by atoms with E-state index in [0.717, 1.165) is 30.6 Å². The molecule has 0 spiro atoms. The molecule has 1 aromatic heterocycles. The summed E-state index contributed by atoms with van der Waals surface area (Å²) >= 11 is 0. The van der Waals surface area contributed by atoms with Crippen molar-refractivity contribution in [3.05, 3.63) is 11.7 Å². The van der Waals surface area contributed by atoms with Crippen molar-refractivity contribution in [3.8, 4) is 0 Å². The minimum absolute atomic E-state index is 0.283. The molecule has 2 unspecified atom stereocenters. The molecule has 0 radical (unpaired) electrons. The summed E-state index contributed by atoms with van der Waals surface area (Å²) in [5, 5.41) is 7.46. The monoisotopic (exact) mass is 207 g/mol. The number of rotatable bonds is 3. The van der Waals surface area contributed by atoms with E-state index in [4.69, 9.17) is 4.52 Å². The smallest absolute Gasteiger partial charge is 0.244 e. The molecule has 82 valence electrons. The largest absolute Gasteiger partial charge is 0.338 e. The summed E-state index contributed by atoms with van der Waals surface area (Å²) < 4.78 is 5.32. The third kappa shape index (κ3) is 1.91. The Morgan fingerprint density at radius 3 is 2.93 bits per heavy atom. The van der Waals surface area contributed by atoms with E-state index in [2.05, 4.69) is 22.4 Å². The molecule has 2 fully saturated rings. The van der Waals surface area contributed by atoms with Crippen molar-refractivity contribution in [2.24, 2.45) is 11.8 Å². The van der Waals surface area contributed by atoms with E-state index < -0.39 is 0 Å². The Morgan fingerprint density at radius 1 is 1.40 bits per heavy atom. The zero-order chi connectivity index (χ0) is 10.3. The van der Waals surface area contributed by atoms with E-state index in [0.29, 0.717) is 5.92 Å². The molecule has 2 aliphatic rings. The van der Waals surface area contributed by atoms with Gasteiger partial charge in [0, 0.05) is 6.42 Å². The molecule has 2 heterocycles. The number of aromatic nitrogens is 2. The van der Waals surface area contributed by atoms with E-state index in [9.17, 15) is 0 Å². The van der Waals surface area contributed by atoms with Gasteiger partial charge in [-0.3, -0.25) is 0 Å². The maximum Gasteiger partial charge on any atom is 0.244 e. The first-order valence-electron chi connectivity index (χ1n) is 5.89. The fraction of sp³-hybridized carbons (Fsp3) is 0.818. The van der Waals surface area contributed by atoms with E-state index in [-0.39, 0.29) is 6.04 Å². The molecule has 1 saturated heterocycles. The lowest BCUT2D eigenvalue weighted by Crippen LogP contribution is -2.16. The highest BCUT2D eigenvalue weighted by Crippen LogP contribution is 2.33. The van der Waals surface area contributed by atoms with Crippen LogP contribution >= 0.6 is 0 Å². The van der Waals surface area contributed by atoms with Crippen molar-refractivity contribution in [1.82, 2.24) is 15.5 Å². The van der Waals surface area contributed by atoms with Crippen LogP contribution in [0.3, 0.4) is 0 Å². The van der Waals surface area contributed by atoms with Gasteiger partial charge in [-0.1, -0.05) is 12.1 Å².